The molecule has 0 aliphatic rings. The van der Waals surface area contributed by atoms with E-state index in [1.54, 1.807) is 24.3 Å². The molecule has 132 valence electrons. The predicted molar refractivity (Wildman–Crippen MR) is 107 cm³/mol. The monoisotopic (exact) mass is 348 g/mol. The van der Waals surface area contributed by atoms with Gasteiger partial charge in [0.1, 0.15) is 0 Å². The molecule has 0 spiro atoms. The van der Waals surface area contributed by atoms with Crippen molar-refractivity contribution in [2.45, 2.75) is 26.2 Å². The van der Waals surface area contributed by atoms with Crippen LogP contribution in [0.15, 0.2) is 73.3 Å². The highest BCUT2D eigenvalue weighted by Gasteiger charge is 2.12. The second-order valence-electron chi connectivity index (χ2n) is 6.40. The van der Waals surface area contributed by atoms with E-state index in [0.29, 0.717) is 0 Å². The van der Waals surface area contributed by atoms with Gasteiger partial charge in [0.25, 0.3) is 0 Å². The summed E-state index contributed by atoms with van der Waals surface area (Å²) in [6.45, 7) is 5.77. The van der Waals surface area contributed by atoms with Gasteiger partial charge >= 0.3 is 0 Å². The van der Waals surface area contributed by atoms with Gasteiger partial charge < -0.3 is 0 Å². The van der Waals surface area contributed by atoms with E-state index >= 15 is 0 Å². The molecule has 0 N–H and O–H groups in total. The van der Waals surface area contributed by atoms with Crippen LogP contribution < -0.4 is 0 Å². The van der Waals surface area contributed by atoms with E-state index in [0.717, 1.165) is 35.6 Å². The van der Waals surface area contributed by atoms with Crippen LogP contribution in [0.5, 0.6) is 0 Å². The van der Waals surface area contributed by atoms with E-state index in [9.17, 15) is 8.78 Å². The maximum absolute atomic E-state index is 14.7. The van der Waals surface area contributed by atoms with Gasteiger partial charge in [0, 0.05) is 11.1 Å². The molecular formula is C24H22F2. The number of hydrogen-bond acceptors (Lipinski definition) is 0. The molecule has 0 aromatic heterocycles. The van der Waals surface area contributed by atoms with Crippen molar-refractivity contribution in [2.24, 2.45) is 0 Å². The van der Waals surface area contributed by atoms with Crippen LogP contribution >= 0.6 is 0 Å². The third-order valence-electron chi connectivity index (χ3n) is 4.60. The molecule has 0 aliphatic carbocycles. The Morgan fingerprint density at radius 1 is 0.808 bits per heavy atom. The average Bonchev–Trinajstić information content (AvgIpc) is 2.70. The summed E-state index contributed by atoms with van der Waals surface area (Å²) in [6.07, 6.45) is 4.61. The van der Waals surface area contributed by atoms with Gasteiger partial charge in [-0.25, -0.2) is 8.78 Å². The molecule has 0 nitrogen and oxygen atoms in total. The molecule has 0 atom stereocenters. The Morgan fingerprint density at radius 3 is 2.08 bits per heavy atom. The van der Waals surface area contributed by atoms with E-state index in [1.165, 1.54) is 5.56 Å². The Kier molecular flexibility index (Phi) is 5.62. The molecule has 0 saturated heterocycles. The molecule has 26 heavy (non-hydrogen) atoms. The fourth-order valence-corrected chi connectivity index (χ4v) is 3.00. The third-order valence-corrected chi connectivity index (χ3v) is 4.60. The summed E-state index contributed by atoms with van der Waals surface area (Å²) in [7, 11) is 0. The zero-order valence-corrected chi connectivity index (χ0v) is 14.9. The molecule has 0 radical (unpaired) electrons. The van der Waals surface area contributed by atoms with E-state index in [1.807, 2.05) is 43.3 Å². The average molecular weight is 348 g/mol. The minimum absolute atomic E-state index is 0.258. The number of allylic oxidation sites excluding steroid dienone is 1. The number of rotatable bonds is 6. The maximum atomic E-state index is 14.7. The van der Waals surface area contributed by atoms with E-state index < -0.39 is 11.7 Å². The Hall–Kier alpha value is -2.74. The summed E-state index contributed by atoms with van der Waals surface area (Å²) in [6, 6.07) is 18.1. The number of benzene rings is 3. The Balaban J connectivity index is 1.93. The highest BCUT2D eigenvalue weighted by atomic mass is 19.2. The van der Waals surface area contributed by atoms with Crippen LogP contribution in [0.1, 0.15) is 35.6 Å². The van der Waals surface area contributed by atoms with Gasteiger partial charge in [-0.1, -0.05) is 67.6 Å². The zero-order valence-electron chi connectivity index (χ0n) is 14.9. The first kappa shape index (κ1) is 18.1. The number of aryl methyl sites for hydroxylation is 2. The van der Waals surface area contributed by atoms with Crippen LogP contribution in [0.3, 0.4) is 0 Å². The fraction of sp³-hybridized carbons (Fsp3) is 0.167. The molecule has 3 aromatic carbocycles. The zero-order chi connectivity index (χ0) is 18.5. The lowest BCUT2D eigenvalue weighted by molar-refractivity contribution is 0.700. The SMILES string of the molecule is C=CCCc1ccc2cc(C(F)=C(F)c3ccc(CC)cc3)ccc2c1. The summed E-state index contributed by atoms with van der Waals surface area (Å²) < 4.78 is 29.2. The first-order valence-electron chi connectivity index (χ1n) is 8.91. The summed E-state index contributed by atoms with van der Waals surface area (Å²) in [5.74, 6) is -1.65. The van der Waals surface area contributed by atoms with Gasteiger partial charge in [0.05, 0.1) is 0 Å². The molecule has 2 heteroatoms. The normalized spacial score (nSPS) is 12.1. The molecule has 0 saturated carbocycles. The Labute approximate surface area is 153 Å². The molecule has 0 bridgehead atoms. The minimum Gasteiger partial charge on any atom is -0.203 e. The maximum Gasteiger partial charge on any atom is 0.166 e. The quantitative estimate of drug-likeness (QED) is 0.324. The van der Waals surface area contributed by atoms with E-state index in [-0.39, 0.29) is 11.1 Å². The lowest BCUT2D eigenvalue weighted by Crippen LogP contribution is -1.88. The van der Waals surface area contributed by atoms with Crippen molar-refractivity contribution in [1.29, 1.82) is 0 Å². The van der Waals surface area contributed by atoms with Crippen LogP contribution in [0.25, 0.3) is 22.4 Å². The number of halogens is 2. The summed E-state index contributed by atoms with van der Waals surface area (Å²) in [5, 5.41) is 1.92. The van der Waals surface area contributed by atoms with Crippen molar-refractivity contribution in [1.82, 2.24) is 0 Å². The standard InChI is InChI=1S/C24H22F2/c1-3-5-6-18-9-12-21-16-22(14-13-20(21)15-18)24(26)23(25)19-10-7-17(4-2)8-11-19/h3,7-16H,1,4-6H2,2H3. The molecule has 3 rings (SSSR count). The summed E-state index contributed by atoms with van der Waals surface area (Å²) >= 11 is 0. The van der Waals surface area contributed by atoms with Crippen molar-refractivity contribution >= 4 is 22.4 Å². The Morgan fingerprint density at radius 2 is 1.38 bits per heavy atom. The van der Waals surface area contributed by atoms with Gasteiger partial charge in [-0.05, 0) is 47.2 Å². The van der Waals surface area contributed by atoms with Crippen LogP contribution in [0.2, 0.25) is 0 Å². The molecular weight excluding hydrogens is 326 g/mol. The van der Waals surface area contributed by atoms with Crippen LogP contribution in [0, 0.1) is 0 Å². The molecule has 0 heterocycles. The van der Waals surface area contributed by atoms with Crippen molar-refractivity contribution in [3.05, 3.63) is 95.6 Å². The fourth-order valence-electron chi connectivity index (χ4n) is 3.00. The first-order valence-corrected chi connectivity index (χ1v) is 8.91. The van der Waals surface area contributed by atoms with Crippen molar-refractivity contribution < 1.29 is 8.78 Å². The second-order valence-corrected chi connectivity index (χ2v) is 6.40. The van der Waals surface area contributed by atoms with E-state index in [2.05, 4.69) is 12.6 Å². The lowest BCUT2D eigenvalue weighted by atomic mass is 10.0. The first-order chi connectivity index (χ1) is 12.6. The van der Waals surface area contributed by atoms with Gasteiger partial charge in [-0.15, -0.1) is 6.58 Å². The number of hydrogen-bond donors (Lipinski definition) is 0. The molecule has 3 aromatic rings. The highest BCUT2D eigenvalue weighted by molar-refractivity contribution is 5.90. The second kappa shape index (κ2) is 8.09. The number of fused-ring (bicyclic) bond motifs is 1. The Bertz CT molecular complexity index is 950. The van der Waals surface area contributed by atoms with Crippen LogP contribution in [-0.4, -0.2) is 0 Å². The van der Waals surface area contributed by atoms with Gasteiger partial charge in [0.15, 0.2) is 11.7 Å². The topological polar surface area (TPSA) is 0 Å². The largest absolute Gasteiger partial charge is 0.203 e. The van der Waals surface area contributed by atoms with Gasteiger partial charge in [-0.2, -0.15) is 0 Å². The van der Waals surface area contributed by atoms with Crippen molar-refractivity contribution in [3.63, 3.8) is 0 Å². The molecule has 0 fully saturated rings. The lowest BCUT2D eigenvalue weighted by Gasteiger charge is -2.07. The molecule has 0 amide bonds. The van der Waals surface area contributed by atoms with Crippen molar-refractivity contribution in [3.8, 4) is 0 Å². The van der Waals surface area contributed by atoms with Crippen LogP contribution in [-0.2, 0) is 12.8 Å². The van der Waals surface area contributed by atoms with Crippen LogP contribution in [0.4, 0.5) is 8.78 Å². The smallest absolute Gasteiger partial charge is 0.166 e. The van der Waals surface area contributed by atoms with Gasteiger partial charge in [-0.3, -0.25) is 0 Å². The predicted octanol–water partition coefficient (Wildman–Crippen LogP) is 7.29. The summed E-state index contributed by atoms with van der Waals surface area (Å²) in [5.41, 5.74) is 2.83. The third kappa shape index (κ3) is 3.91. The summed E-state index contributed by atoms with van der Waals surface area (Å²) in [4.78, 5) is 0. The van der Waals surface area contributed by atoms with Crippen molar-refractivity contribution in [2.75, 3.05) is 0 Å². The highest BCUT2D eigenvalue weighted by Crippen LogP contribution is 2.31. The molecule has 0 aliphatic heterocycles. The van der Waals surface area contributed by atoms with Gasteiger partial charge in [0.2, 0.25) is 0 Å². The molecule has 0 unspecified atom stereocenters. The van der Waals surface area contributed by atoms with E-state index in [4.69, 9.17) is 0 Å². The minimum atomic E-state index is -0.827.